The van der Waals surface area contributed by atoms with Gasteiger partial charge in [-0.15, -0.1) is 0 Å². The number of halogens is 1. The molecule has 2 rings (SSSR count). The number of carbonyl (C=O) groups excluding carboxylic acids is 2. The van der Waals surface area contributed by atoms with Crippen molar-refractivity contribution in [1.82, 2.24) is 9.80 Å². The van der Waals surface area contributed by atoms with E-state index in [1.165, 1.54) is 17.0 Å². The van der Waals surface area contributed by atoms with E-state index in [0.29, 0.717) is 24.7 Å². The van der Waals surface area contributed by atoms with E-state index >= 15 is 0 Å². The van der Waals surface area contributed by atoms with Crippen LogP contribution in [0, 0.1) is 17.2 Å². The molecule has 168 valence electrons. The van der Waals surface area contributed by atoms with Crippen LogP contribution in [0.5, 0.6) is 5.75 Å². The largest absolute Gasteiger partial charge is 0.493 e. The first kappa shape index (κ1) is 24.0. The number of rotatable bonds is 7. The molecule has 1 aromatic rings. The van der Waals surface area contributed by atoms with Crippen molar-refractivity contribution >= 4 is 17.6 Å². The van der Waals surface area contributed by atoms with Crippen LogP contribution in [0.4, 0.5) is 14.9 Å². The molecule has 0 radical (unpaired) electrons. The third-order valence-electron chi connectivity index (χ3n) is 5.26. The Hall–Kier alpha value is -2.31. The summed E-state index contributed by atoms with van der Waals surface area (Å²) in [7, 11) is 3.19. The van der Waals surface area contributed by atoms with Crippen LogP contribution >= 0.6 is 0 Å². The van der Waals surface area contributed by atoms with Gasteiger partial charge in [-0.1, -0.05) is 20.8 Å². The summed E-state index contributed by atoms with van der Waals surface area (Å²) < 4.78 is 19.8. The number of amides is 3. The lowest BCUT2D eigenvalue weighted by Gasteiger charge is -2.33. The molecule has 0 bridgehead atoms. The SMILES string of the molecule is CN(C)C(=O)Nc1ccc(OCCCC2CCN(C(=O)CC(C)(C)C)CC2)cc1F. The van der Waals surface area contributed by atoms with E-state index in [9.17, 15) is 14.0 Å². The second-order valence-electron chi connectivity index (χ2n) is 9.52. The van der Waals surface area contributed by atoms with Crippen molar-refractivity contribution in [2.24, 2.45) is 11.3 Å². The number of hydrogen-bond acceptors (Lipinski definition) is 3. The molecule has 0 spiro atoms. The zero-order chi connectivity index (χ0) is 22.3. The molecule has 1 aliphatic heterocycles. The van der Waals surface area contributed by atoms with Crippen LogP contribution in [-0.2, 0) is 4.79 Å². The standard InChI is InChI=1S/C23H36FN3O3/c1-23(2,3)16-21(28)27-12-10-17(11-13-27)7-6-14-30-18-8-9-20(19(24)15-18)25-22(29)26(4)5/h8-9,15,17H,6-7,10-14,16H2,1-5H3,(H,25,29). The zero-order valence-corrected chi connectivity index (χ0v) is 19.0. The minimum atomic E-state index is -0.519. The molecule has 1 saturated heterocycles. The number of hydrogen-bond donors (Lipinski definition) is 1. The molecule has 1 aromatic carbocycles. The van der Waals surface area contributed by atoms with E-state index < -0.39 is 5.82 Å². The predicted molar refractivity (Wildman–Crippen MR) is 117 cm³/mol. The van der Waals surface area contributed by atoms with Crippen LogP contribution in [0.1, 0.15) is 52.9 Å². The lowest BCUT2D eigenvalue weighted by molar-refractivity contribution is -0.134. The monoisotopic (exact) mass is 421 g/mol. The summed E-state index contributed by atoms with van der Waals surface area (Å²) in [5, 5.41) is 2.50. The van der Waals surface area contributed by atoms with E-state index in [1.807, 2.05) is 4.90 Å². The number of nitrogens with zero attached hydrogens (tertiary/aromatic N) is 2. The minimum Gasteiger partial charge on any atom is -0.493 e. The number of urea groups is 1. The fourth-order valence-corrected chi connectivity index (χ4v) is 3.51. The van der Waals surface area contributed by atoms with Gasteiger partial charge in [-0.25, -0.2) is 9.18 Å². The van der Waals surface area contributed by atoms with Gasteiger partial charge in [0.15, 0.2) is 0 Å². The van der Waals surface area contributed by atoms with E-state index in [2.05, 4.69) is 26.1 Å². The van der Waals surface area contributed by atoms with Crippen molar-refractivity contribution in [2.45, 2.75) is 52.9 Å². The molecule has 7 heteroatoms. The maximum absolute atomic E-state index is 14.1. The second-order valence-corrected chi connectivity index (χ2v) is 9.52. The molecule has 1 heterocycles. The number of carbonyl (C=O) groups is 2. The van der Waals surface area contributed by atoms with Gasteiger partial charge in [0.05, 0.1) is 12.3 Å². The van der Waals surface area contributed by atoms with Crippen LogP contribution in [0.15, 0.2) is 18.2 Å². The smallest absolute Gasteiger partial charge is 0.321 e. The summed E-state index contributed by atoms with van der Waals surface area (Å²) in [6.45, 7) is 8.48. The Balaban J connectivity index is 1.68. The fraction of sp³-hybridized carbons (Fsp3) is 0.652. The highest BCUT2D eigenvalue weighted by Gasteiger charge is 2.25. The quantitative estimate of drug-likeness (QED) is 0.646. The molecule has 1 aliphatic rings. The van der Waals surface area contributed by atoms with Gasteiger partial charge >= 0.3 is 6.03 Å². The van der Waals surface area contributed by atoms with Crippen LogP contribution in [0.25, 0.3) is 0 Å². The molecule has 6 nitrogen and oxygen atoms in total. The Morgan fingerprint density at radius 2 is 1.90 bits per heavy atom. The van der Waals surface area contributed by atoms with Crippen molar-refractivity contribution in [3.63, 3.8) is 0 Å². The molecule has 1 N–H and O–H groups in total. The molecule has 30 heavy (non-hydrogen) atoms. The van der Waals surface area contributed by atoms with E-state index in [0.717, 1.165) is 38.8 Å². The fourth-order valence-electron chi connectivity index (χ4n) is 3.51. The molecule has 0 unspecified atom stereocenters. The Bertz CT molecular complexity index is 723. The Morgan fingerprint density at radius 3 is 2.47 bits per heavy atom. The van der Waals surface area contributed by atoms with E-state index in [4.69, 9.17) is 4.74 Å². The summed E-state index contributed by atoms with van der Waals surface area (Å²) in [4.78, 5) is 27.3. The van der Waals surface area contributed by atoms with Crippen molar-refractivity contribution in [3.05, 3.63) is 24.0 Å². The van der Waals surface area contributed by atoms with Gasteiger partial charge in [0.2, 0.25) is 5.91 Å². The van der Waals surface area contributed by atoms with Gasteiger partial charge in [0.1, 0.15) is 11.6 Å². The molecule has 0 saturated carbocycles. The predicted octanol–water partition coefficient (Wildman–Crippen LogP) is 4.75. The molecule has 0 atom stereocenters. The van der Waals surface area contributed by atoms with Crippen molar-refractivity contribution in [2.75, 3.05) is 39.1 Å². The Kier molecular flexibility index (Phi) is 8.50. The van der Waals surface area contributed by atoms with Gasteiger partial charge in [0, 0.05) is 39.7 Å². The number of anilines is 1. The van der Waals surface area contributed by atoms with Gasteiger partial charge in [0.25, 0.3) is 0 Å². The number of ether oxygens (including phenoxy) is 1. The highest BCUT2D eigenvalue weighted by atomic mass is 19.1. The number of benzene rings is 1. The lowest BCUT2D eigenvalue weighted by atomic mass is 9.89. The van der Waals surface area contributed by atoms with Crippen LogP contribution in [0.3, 0.4) is 0 Å². The van der Waals surface area contributed by atoms with E-state index in [1.54, 1.807) is 20.2 Å². The number of piperidine rings is 1. The summed E-state index contributed by atoms with van der Waals surface area (Å²) >= 11 is 0. The lowest BCUT2D eigenvalue weighted by Crippen LogP contribution is -2.39. The van der Waals surface area contributed by atoms with Crippen LogP contribution in [0.2, 0.25) is 0 Å². The topological polar surface area (TPSA) is 61.9 Å². The number of nitrogens with one attached hydrogen (secondary N) is 1. The Morgan fingerprint density at radius 1 is 1.23 bits per heavy atom. The second kappa shape index (κ2) is 10.6. The first-order chi connectivity index (χ1) is 14.0. The minimum absolute atomic E-state index is 0.0287. The van der Waals surface area contributed by atoms with Gasteiger partial charge in [-0.2, -0.15) is 0 Å². The normalized spacial score (nSPS) is 15.1. The first-order valence-electron chi connectivity index (χ1n) is 10.7. The van der Waals surface area contributed by atoms with Crippen LogP contribution in [-0.4, -0.2) is 55.5 Å². The van der Waals surface area contributed by atoms with Gasteiger partial charge in [-0.3, -0.25) is 4.79 Å². The molecular formula is C23H36FN3O3. The summed E-state index contributed by atoms with van der Waals surface area (Å²) in [5.41, 5.74) is 0.162. The molecule has 3 amide bonds. The third kappa shape index (κ3) is 7.84. The summed E-state index contributed by atoms with van der Waals surface area (Å²) in [5.74, 6) is 0.803. The van der Waals surface area contributed by atoms with Crippen molar-refractivity contribution < 1.29 is 18.7 Å². The maximum atomic E-state index is 14.1. The highest BCUT2D eigenvalue weighted by Crippen LogP contribution is 2.26. The van der Waals surface area contributed by atoms with Crippen molar-refractivity contribution in [1.29, 1.82) is 0 Å². The Labute approximate surface area is 179 Å². The van der Waals surface area contributed by atoms with Crippen molar-refractivity contribution in [3.8, 4) is 5.75 Å². The average Bonchev–Trinajstić information content (AvgIpc) is 2.66. The number of likely N-dealkylation sites (tertiary alicyclic amines) is 1. The molecule has 0 aromatic heterocycles. The summed E-state index contributed by atoms with van der Waals surface area (Å²) in [6, 6.07) is 4.09. The zero-order valence-electron chi connectivity index (χ0n) is 19.0. The van der Waals surface area contributed by atoms with Crippen LogP contribution < -0.4 is 10.1 Å². The molecular weight excluding hydrogens is 385 g/mol. The third-order valence-corrected chi connectivity index (χ3v) is 5.26. The summed E-state index contributed by atoms with van der Waals surface area (Å²) in [6.07, 6.45) is 4.59. The molecule has 1 fully saturated rings. The first-order valence-corrected chi connectivity index (χ1v) is 10.7. The van der Waals surface area contributed by atoms with Gasteiger partial charge < -0.3 is 19.9 Å². The van der Waals surface area contributed by atoms with Gasteiger partial charge in [-0.05, 0) is 49.1 Å². The maximum Gasteiger partial charge on any atom is 0.321 e. The molecule has 0 aliphatic carbocycles. The van der Waals surface area contributed by atoms with E-state index in [-0.39, 0.29) is 23.0 Å². The average molecular weight is 422 g/mol. The highest BCUT2D eigenvalue weighted by molar-refractivity contribution is 5.89.